The Morgan fingerprint density at radius 3 is 2.59 bits per heavy atom. The highest BCUT2D eigenvalue weighted by Crippen LogP contribution is 2.48. The normalized spacial score (nSPS) is 16.8. The van der Waals surface area contributed by atoms with Crippen molar-refractivity contribution in [3.05, 3.63) is 76.7 Å². The Balaban J connectivity index is 2.00. The van der Waals surface area contributed by atoms with Crippen LogP contribution in [0, 0.1) is 12.7 Å². The van der Waals surface area contributed by atoms with E-state index < -0.39 is 0 Å². The van der Waals surface area contributed by atoms with Crippen molar-refractivity contribution in [3.8, 4) is 5.69 Å². The second-order valence-electron chi connectivity index (χ2n) is 10.6. The van der Waals surface area contributed by atoms with Gasteiger partial charge in [-0.05, 0) is 49.6 Å². The van der Waals surface area contributed by atoms with Gasteiger partial charge in [-0.3, -0.25) is 14.5 Å². The summed E-state index contributed by atoms with van der Waals surface area (Å²) in [5, 5.41) is 7.75. The minimum Gasteiger partial charge on any atom is -0.352 e. The van der Waals surface area contributed by atoms with E-state index >= 15 is 0 Å². The highest BCUT2D eigenvalue weighted by Gasteiger charge is 2.40. The molecule has 8 heteroatoms. The van der Waals surface area contributed by atoms with E-state index in [1.807, 2.05) is 51.1 Å². The largest absolute Gasteiger partial charge is 0.352 e. The van der Waals surface area contributed by atoms with E-state index in [0.29, 0.717) is 5.82 Å². The van der Waals surface area contributed by atoms with Gasteiger partial charge in [0.25, 0.3) is 0 Å². The topological polar surface area (TPSA) is 67.2 Å². The fraction of sp³-hybridized carbons (Fsp3) is 0.414. The van der Waals surface area contributed by atoms with Crippen LogP contribution >= 0.6 is 11.8 Å². The van der Waals surface area contributed by atoms with E-state index in [-0.39, 0.29) is 46.6 Å². The van der Waals surface area contributed by atoms with Gasteiger partial charge in [0.05, 0.1) is 22.4 Å². The molecule has 6 nitrogen and oxygen atoms in total. The number of rotatable bonds is 6. The molecule has 1 aliphatic rings. The third kappa shape index (κ3) is 5.59. The third-order valence-corrected chi connectivity index (χ3v) is 7.87. The number of aromatic nitrogens is 2. The molecular formula is C29H35FN4O2S. The van der Waals surface area contributed by atoms with Gasteiger partial charge in [0.2, 0.25) is 11.8 Å². The molecule has 0 aliphatic carbocycles. The zero-order valence-corrected chi connectivity index (χ0v) is 23.2. The van der Waals surface area contributed by atoms with E-state index in [2.05, 4.69) is 26.1 Å². The molecule has 1 aromatic heterocycles. The summed E-state index contributed by atoms with van der Waals surface area (Å²) < 4.78 is 16.2. The summed E-state index contributed by atoms with van der Waals surface area (Å²) >= 11 is 1.45. The number of thioether (sulfide) groups is 1. The van der Waals surface area contributed by atoms with Gasteiger partial charge >= 0.3 is 0 Å². The van der Waals surface area contributed by atoms with Crippen molar-refractivity contribution in [2.45, 2.75) is 64.7 Å². The summed E-state index contributed by atoms with van der Waals surface area (Å²) in [6.07, 6.45) is 0.789. The minimum atomic E-state index is -0.373. The maximum Gasteiger partial charge on any atom is 0.240 e. The lowest BCUT2D eigenvalue weighted by Gasteiger charge is -2.25. The summed E-state index contributed by atoms with van der Waals surface area (Å²) in [5.41, 5.74) is 3.87. The fourth-order valence-electron chi connectivity index (χ4n) is 4.54. The quantitative estimate of drug-likeness (QED) is 0.451. The molecular weight excluding hydrogens is 487 g/mol. The van der Waals surface area contributed by atoms with Crippen LogP contribution < -0.4 is 10.2 Å². The molecule has 2 aromatic carbocycles. The van der Waals surface area contributed by atoms with Crippen molar-refractivity contribution in [2.24, 2.45) is 0 Å². The number of halogens is 1. The van der Waals surface area contributed by atoms with Crippen LogP contribution in [-0.2, 0) is 15.0 Å². The van der Waals surface area contributed by atoms with Crippen molar-refractivity contribution < 1.29 is 14.0 Å². The molecule has 0 unspecified atom stereocenters. The smallest absolute Gasteiger partial charge is 0.240 e. The highest BCUT2D eigenvalue weighted by molar-refractivity contribution is 8.00. The van der Waals surface area contributed by atoms with E-state index in [1.165, 1.54) is 23.9 Å². The molecule has 2 heterocycles. The van der Waals surface area contributed by atoms with Gasteiger partial charge in [-0.2, -0.15) is 5.10 Å². The summed E-state index contributed by atoms with van der Waals surface area (Å²) in [7, 11) is 0. The summed E-state index contributed by atoms with van der Waals surface area (Å²) in [5.74, 6) is -0.00662. The lowest BCUT2D eigenvalue weighted by atomic mass is 9.87. The number of carbonyl (C=O) groups excluding carboxylic acids is 2. The predicted molar refractivity (Wildman–Crippen MR) is 148 cm³/mol. The Hall–Kier alpha value is -3.13. The van der Waals surface area contributed by atoms with Crippen LogP contribution in [0.2, 0.25) is 0 Å². The molecule has 3 aromatic rings. The molecule has 1 aliphatic heterocycles. The lowest BCUT2D eigenvalue weighted by Crippen LogP contribution is -2.44. The second-order valence-corrected chi connectivity index (χ2v) is 11.7. The molecule has 0 bridgehead atoms. The standard InChI is InChI=1S/C29H35FN4O2S/c1-7-19(3)31-23(35)16-33-24(36)17-37-26(20-12-10-13-21(30)15-20)25-27(29(4,5)6)32-34(28(25)33)22-14-9-8-11-18(22)2/h8-15,19,26H,7,16-17H2,1-6H3,(H,31,35)/t19-,26+/m0/s1. The first-order valence-electron chi connectivity index (χ1n) is 12.7. The SMILES string of the molecule is CC[C@H](C)NC(=O)CN1C(=O)CS[C@H](c2cccc(F)c2)c2c(C(C)(C)C)nn(-c3ccccc3C)c21. The molecule has 0 fully saturated rings. The van der Waals surface area contributed by atoms with E-state index in [4.69, 9.17) is 5.10 Å². The van der Waals surface area contributed by atoms with Crippen LogP contribution in [0.1, 0.15) is 68.7 Å². The van der Waals surface area contributed by atoms with Crippen molar-refractivity contribution in [2.75, 3.05) is 17.2 Å². The third-order valence-electron chi connectivity index (χ3n) is 6.62. The van der Waals surface area contributed by atoms with Gasteiger partial charge in [0, 0.05) is 17.0 Å². The van der Waals surface area contributed by atoms with Crippen LogP contribution in [0.3, 0.4) is 0 Å². The molecule has 0 spiro atoms. The molecule has 37 heavy (non-hydrogen) atoms. The average Bonchev–Trinajstić information content (AvgIpc) is 3.17. The number of anilines is 1. The van der Waals surface area contributed by atoms with Crippen LogP contribution in [0.15, 0.2) is 48.5 Å². The number of fused-ring (bicyclic) bond motifs is 1. The van der Waals surface area contributed by atoms with Gasteiger partial charge in [0.15, 0.2) is 0 Å². The fourth-order valence-corrected chi connectivity index (χ4v) is 5.73. The first kappa shape index (κ1) is 26.9. The van der Waals surface area contributed by atoms with Gasteiger partial charge in [0.1, 0.15) is 18.2 Å². The number of hydrogen-bond acceptors (Lipinski definition) is 4. The number of nitrogens with one attached hydrogen (secondary N) is 1. The Morgan fingerprint density at radius 1 is 1.22 bits per heavy atom. The molecule has 2 amide bonds. The second kappa shape index (κ2) is 10.7. The molecule has 2 atom stereocenters. The van der Waals surface area contributed by atoms with Crippen LogP contribution in [0.4, 0.5) is 10.2 Å². The molecule has 0 saturated carbocycles. The van der Waals surface area contributed by atoms with Crippen LogP contribution in [0.25, 0.3) is 5.69 Å². The zero-order chi connectivity index (χ0) is 26.9. The van der Waals surface area contributed by atoms with E-state index in [1.54, 1.807) is 15.6 Å². The molecule has 196 valence electrons. The number of aryl methyl sites for hydroxylation is 1. The summed E-state index contributed by atoms with van der Waals surface area (Å²) in [4.78, 5) is 28.3. The number of benzene rings is 2. The number of carbonyl (C=O) groups is 2. The Morgan fingerprint density at radius 2 is 1.95 bits per heavy atom. The number of amides is 2. The number of nitrogens with zero attached hydrogens (tertiary/aromatic N) is 3. The highest BCUT2D eigenvalue weighted by atomic mass is 32.2. The zero-order valence-electron chi connectivity index (χ0n) is 22.3. The van der Waals surface area contributed by atoms with E-state index in [0.717, 1.165) is 34.5 Å². The maximum absolute atomic E-state index is 14.4. The van der Waals surface area contributed by atoms with Gasteiger partial charge in [-0.25, -0.2) is 9.07 Å². The van der Waals surface area contributed by atoms with Gasteiger partial charge < -0.3 is 5.32 Å². The number of hydrogen-bond donors (Lipinski definition) is 1. The maximum atomic E-state index is 14.4. The van der Waals surface area contributed by atoms with Crippen LogP contribution in [0.5, 0.6) is 0 Å². The van der Waals surface area contributed by atoms with Crippen LogP contribution in [-0.4, -0.2) is 39.9 Å². The van der Waals surface area contributed by atoms with Crippen molar-refractivity contribution >= 4 is 29.4 Å². The lowest BCUT2D eigenvalue weighted by molar-refractivity contribution is -0.123. The van der Waals surface area contributed by atoms with Crippen molar-refractivity contribution in [3.63, 3.8) is 0 Å². The van der Waals surface area contributed by atoms with Gasteiger partial charge in [-0.1, -0.05) is 58.0 Å². The first-order valence-corrected chi connectivity index (χ1v) is 13.7. The predicted octanol–water partition coefficient (Wildman–Crippen LogP) is 5.70. The van der Waals surface area contributed by atoms with E-state index in [9.17, 15) is 14.0 Å². The molecule has 0 saturated heterocycles. The van der Waals surface area contributed by atoms with Gasteiger partial charge in [-0.15, -0.1) is 11.8 Å². The Kier molecular flexibility index (Phi) is 7.78. The summed E-state index contributed by atoms with van der Waals surface area (Å²) in [6.45, 7) is 12.1. The molecule has 0 radical (unpaired) electrons. The number of para-hydroxylation sites is 1. The molecule has 4 rings (SSSR count). The monoisotopic (exact) mass is 522 g/mol. The van der Waals surface area contributed by atoms with Crippen molar-refractivity contribution in [1.29, 1.82) is 0 Å². The summed E-state index contributed by atoms with van der Waals surface area (Å²) in [6, 6.07) is 14.4. The minimum absolute atomic E-state index is 0.00474. The molecule has 1 N–H and O–H groups in total. The Bertz CT molecular complexity index is 1310. The first-order chi connectivity index (χ1) is 17.5. The average molecular weight is 523 g/mol. The Labute approximate surface area is 222 Å². The van der Waals surface area contributed by atoms with Crippen molar-refractivity contribution in [1.82, 2.24) is 15.1 Å².